The fraction of sp³-hybridized carbons (Fsp3) is 0.286. The van der Waals surface area contributed by atoms with E-state index >= 15 is 0 Å². The maximum atomic E-state index is 13.1. The van der Waals surface area contributed by atoms with Gasteiger partial charge in [-0.05, 0) is 30.0 Å². The van der Waals surface area contributed by atoms with E-state index in [4.69, 9.17) is 0 Å². The SMILES string of the molecule is CC(C)CC(C(=O)NC(C(=O)O)c1ccccc1)n1nnc2ccccc2c1=O. The highest BCUT2D eigenvalue weighted by atomic mass is 16.4. The monoisotopic (exact) mass is 394 g/mol. The molecule has 0 bridgehead atoms. The van der Waals surface area contributed by atoms with Crippen LogP contribution in [0, 0.1) is 5.92 Å². The molecule has 1 aromatic heterocycles. The Labute approximate surface area is 167 Å². The van der Waals surface area contributed by atoms with Crippen molar-refractivity contribution in [1.82, 2.24) is 20.3 Å². The van der Waals surface area contributed by atoms with Crippen LogP contribution >= 0.6 is 0 Å². The summed E-state index contributed by atoms with van der Waals surface area (Å²) < 4.78 is 1.04. The first-order valence-electron chi connectivity index (χ1n) is 9.31. The van der Waals surface area contributed by atoms with Gasteiger partial charge in [-0.1, -0.05) is 61.5 Å². The molecule has 0 fully saturated rings. The van der Waals surface area contributed by atoms with Gasteiger partial charge in [-0.15, -0.1) is 5.10 Å². The van der Waals surface area contributed by atoms with Crippen LogP contribution in [0.15, 0.2) is 59.4 Å². The summed E-state index contributed by atoms with van der Waals surface area (Å²) in [4.78, 5) is 37.7. The van der Waals surface area contributed by atoms with Crippen LogP contribution in [0.3, 0.4) is 0 Å². The van der Waals surface area contributed by atoms with Gasteiger partial charge in [0.1, 0.15) is 11.6 Å². The number of hydrogen-bond donors (Lipinski definition) is 2. The molecule has 1 heterocycles. The lowest BCUT2D eigenvalue weighted by molar-refractivity contribution is -0.142. The van der Waals surface area contributed by atoms with Gasteiger partial charge < -0.3 is 10.4 Å². The number of carbonyl (C=O) groups is 2. The van der Waals surface area contributed by atoms with E-state index in [-0.39, 0.29) is 5.92 Å². The third kappa shape index (κ3) is 4.48. The third-order valence-corrected chi connectivity index (χ3v) is 4.55. The average molecular weight is 394 g/mol. The number of hydrogen-bond acceptors (Lipinski definition) is 5. The van der Waals surface area contributed by atoms with Crippen LogP contribution < -0.4 is 10.9 Å². The summed E-state index contributed by atoms with van der Waals surface area (Å²) in [7, 11) is 0. The molecule has 8 heteroatoms. The van der Waals surface area contributed by atoms with Crippen molar-refractivity contribution >= 4 is 22.8 Å². The van der Waals surface area contributed by atoms with E-state index < -0.39 is 29.5 Å². The molecule has 0 aliphatic rings. The van der Waals surface area contributed by atoms with Crippen LogP contribution in [0.4, 0.5) is 0 Å². The van der Waals surface area contributed by atoms with E-state index in [9.17, 15) is 19.5 Å². The Morgan fingerprint density at radius 3 is 2.38 bits per heavy atom. The van der Waals surface area contributed by atoms with Gasteiger partial charge in [0.2, 0.25) is 5.91 Å². The van der Waals surface area contributed by atoms with Gasteiger partial charge in [0.05, 0.1) is 5.39 Å². The van der Waals surface area contributed by atoms with Crippen LogP contribution in [0.25, 0.3) is 10.9 Å². The number of fused-ring (bicyclic) bond motifs is 1. The summed E-state index contributed by atoms with van der Waals surface area (Å²) in [6.45, 7) is 3.82. The van der Waals surface area contributed by atoms with Crippen LogP contribution in [0.5, 0.6) is 0 Å². The minimum absolute atomic E-state index is 0.0610. The molecule has 3 aromatic rings. The Morgan fingerprint density at radius 2 is 1.72 bits per heavy atom. The predicted molar refractivity (Wildman–Crippen MR) is 107 cm³/mol. The van der Waals surface area contributed by atoms with E-state index in [1.807, 2.05) is 13.8 Å². The highest BCUT2D eigenvalue weighted by Crippen LogP contribution is 2.19. The molecule has 2 atom stereocenters. The second-order valence-corrected chi connectivity index (χ2v) is 7.19. The fourth-order valence-electron chi connectivity index (χ4n) is 3.14. The second-order valence-electron chi connectivity index (χ2n) is 7.19. The van der Waals surface area contributed by atoms with E-state index in [2.05, 4.69) is 15.6 Å². The molecule has 29 heavy (non-hydrogen) atoms. The molecule has 0 saturated carbocycles. The lowest BCUT2D eigenvalue weighted by Gasteiger charge is -2.22. The quantitative estimate of drug-likeness (QED) is 0.636. The Hall–Kier alpha value is -3.55. The standard InChI is InChI=1S/C21H22N4O4/c1-13(2)12-17(25-20(27)15-10-6-7-11-16(15)23-24-25)19(26)22-18(21(28)29)14-8-4-3-5-9-14/h3-11,13,17-18H,12H2,1-2H3,(H,22,26)(H,28,29). The molecule has 0 aliphatic carbocycles. The number of amides is 1. The zero-order valence-electron chi connectivity index (χ0n) is 16.1. The molecular formula is C21H22N4O4. The number of nitrogens with zero attached hydrogens (tertiary/aromatic N) is 3. The first-order valence-corrected chi connectivity index (χ1v) is 9.31. The summed E-state index contributed by atoms with van der Waals surface area (Å²) in [6, 6.07) is 12.9. The van der Waals surface area contributed by atoms with Gasteiger partial charge in [0.25, 0.3) is 5.56 Å². The zero-order valence-corrected chi connectivity index (χ0v) is 16.1. The van der Waals surface area contributed by atoms with Gasteiger partial charge in [-0.3, -0.25) is 9.59 Å². The molecule has 8 nitrogen and oxygen atoms in total. The smallest absolute Gasteiger partial charge is 0.330 e. The van der Waals surface area contributed by atoms with E-state index in [1.54, 1.807) is 54.6 Å². The largest absolute Gasteiger partial charge is 0.479 e. The van der Waals surface area contributed by atoms with Crippen LogP contribution in [0.2, 0.25) is 0 Å². The van der Waals surface area contributed by atoms with Gasteiger partial charge in [-0.2, -0.15) is 4.68 Å². The van der Waals surface area contributed by atoms with E-state index in [1.165, 1.54) is 0 Å². The van der Waals surface area contributed by atoms with E-state index in [0.29, 0.717) is 22.9 Å². The molecule has 3 rings (SSSR count). The number of aliphatic carboxylic acids is 1. The Balaban J connectivity index is 1.98. The maximum absolute atomic E-state index is 13.1. The van der Waals surface area contributed by atoms with E-state index in [0.717, 1.165) is 4.68 Å². The molecule has 0 spiro atoms. The van der Waals surface area contributed by atoms with Crippen molar-refractivity contribution in [3.8, 4) is 0 Å². The molecular weight excluding hydrogens is 372 g/mol. The molecule has 150 valence electrons. The third-order valence-electron chi connectivity index (χ3n) is 4.55. The molecule has 0 radical (unpaired) electrons. The number of aromatic nitrogens is 3. The highest BCUT2D eigenvalue weighted by molar-refractivity contribution is 5.87. The van der Waals surface area contributed by atoms with Crippen molar-refractivity contribution in [2.45, 2.75) is 32.4 Å². The van der Waals surface area contributed by atoms with Gasteiger partial charge in [0.15, 0.2) is 6.04 Å². The normalized spacial score (nSPS) is 13.2. The second kappa shape index (κ2) is 8.64. The number of nitrogens with one attached hydrogen (secondary N) is 1. The molecule has 1 amide bonds. The Morgan fingerprint density at radius 1 is 1.07 bits per heavy atom. The van der Waals surface area contributed by atoms with Gasteiger partial charge in [-0.25, -0.2) is 4.79 Å². The molecule has 2 unspecified atom stereocenters. The summed E-state index contributed by atoms with van der Waals surface area (Å²) in [5.74, 6) is -1.72. The van der Waals surface area contributed by atoms with Crippen LogP contribution in [-0.2, 0) is 9.59 Å². The van der Waals surface area contributed by atoms with Gasteiger partial charge >= 0.3 is 5.97 Å². The predicted octanol–water partition coefficient (Wildman–Crippen LogP) is 2.32. The molecule has 0 aliphatic heterocycles. The van der Waals surface area contributed by atoms with Crippen LogP contribution in [-0.4, -0.2) is 32.0 Å². The number of carboxylic acid groups (broad SMARTS) is 1. The zero-order chi connectivity index (χ0) is 21.0. The van der Waals surface area contributed by atoms with Crippen molar-refractivity contribution in [1.29, 1.82) is 0 Å². The van der Waals surface area contributed by atoms with Gasteiger partial charge in [0, 0.05) is 0 Å². The number of carboxylic acids is 1. The van der Waals surface area contributed by atoms with Crippen molar-refractivity contribution in [3.63, 3.8) is 0 Å². The molecule has 0 saturated heterocycles. The minimum Gasteiger partial charge on any atom is -0.479 e. The topological polar surface area (TPSA) is 114 Å². The van der Waals surface area contributed by atoms with Crippen molar-refractivity contribution in [2.24, 2.45) is 5.92 Å². The molecule has 2 aromatic carbocycles. The lowest BCUT2D eigenvalue weighted by Crippen LogP contribution is -2.42. The number of rotatable bonds is 7. The fourth-order valence-corrected chi connectivity index (χ4v) is 3.14. The summed E-state index contributed by atoms with van der Waals surface area (Å²) in [6.07, 6.45) is 0.305. The van der Waals surface area contributed by atoms with Crippen LogP contribution in [0.1, 0.15) is 37.9 Å². The number of carbonyl (C=O) groups excluding carboxylic acids is 1. The van der Waals surface area contributed by atoms with Crippen molar-refractivity contribution < 1.29 is 14.7 Å². The minimum atomic E-state index is -1.23. The summed E-state index contributed by atoms with van der Waals surface area (Å²) in [5, 5.41) is 20.5. The summed E-state index contributed by atoms with van der Waals surface area (Å²) in [5.41, 5.74) is 0.432. The lowest BCUT2D eigenvalue weighted by atomic mass is 10.0. The average Bonchev–Trinajstić information content (AvgIpc) is 2.71. The Bertz CT molecular complexity index is 1080. The summed E-state index contributed by atoms with van der Waals surface area (Å²) >= 11 is 0. The Kier molecular flexibility index (Phi) is 6.01. The number of benzene rings is 2. The van der Waals surface area contributed by atoms with Crippen molar-refractivity contribution in [2.75, 3.05) is 0 Å². The highest BCUT2D eigenvalue weighted by Gasteiger charge is 2.30. The molecule has 2 N–H and O–H groups in total. The first kappa shape index (κ1) is 20.2. The van der Waals surface area contributed by atoms with Crippen molar-refractivity contribution in [3.05, 3.63) is 70.5 Å². The first-order chi connectivity index (χ1) is 13.9. The maximum Gasteiger partial charge on any atom is 0.330 e.